The number of carbonyl (C=O) groups is 3. The Balaban J connectivity index is 1.35. The fraction of sp³-hybridized carbons (Fsp3) is 0.0417. The van der Waals surface area contributed by atoms with Gasteiger partial charge in [-0.05, 0) is 59.8 Å². The molecule has 0 saturated carbocycles. The molecule has 6 nitrogen and oxygen atoms in total. The number of rotatable bonds is 6. The zero-order chi connectivity index (χ0) is 21.6. The van der Waals surface area contributed by atoms with Gasteiger partial charge in [-0.1, -0.05) is 48.5 Å². The number of nitrogens with one attached hydrogen (secondary N) is 1. The summed E-state index contributed by atoms with van der Waals surface area (Å²) in [6, 6.07) is 25.4. The zero-order valence-electron chi connectivity index (χ0n) is 16.4. The first-order chi connectivity index (χ1) is 15.1. The molecule has 1 aliphatic heterocycles. The molecular weight excluding hydrogens is 412 g/mol. The average Bonchev–Trinajstić information content (AvgIpc) is 3.04. The molecule has 0 atom stereocenters. The first-order valence-corrected chi connectivity index (χ1v) is 10.3. The summed E-state index contributed by atoms with van der Waals surface area (Å²) in [5.41, 5.74) is 1.35. The van der Waals surface area contributed by atoms with E-state index in [1.165, 1.54) is 0 Å². The first-order valence-electron chi connectivity index (χ1n) is 9.52. The first kappa shape index (κ1) is 20.4. The standard InChI is InChI=1S/C24H18N2O4S/c27-22(25-18-11-13-20(14-12-18)30-19-9-5-2-6-10-19)16-26-23(28)21(31-24(26)29)15-17-7-3-1-4-8-17/h1-15H,16H2,(H,25,27)/b21-15+. The highest BCUT2D eigenvalue weighted by Crippen LogP contribution is 2.32. The molecule has 0 spiro atoms. The summed E-state index contributed by atoms with van der Waals surface area (Å²) in [6.45, 7) is -0.348. The molecule has 0 bridgehead atoms. The van der Waals surface area contributed by atoms with E-state index in [1.807, 2.05) is 60.7 Å². The molecule has 7 heteroatoms. The summed E-state index contributed by atoms with van der Waals surface area (Å²) < 4.78 is 5.72. The summed E-state index contributed by atoms with van der Waals surface area (Å²) in [5.74, 6) is 0.406. The summed E-state index contributed by atoms with van der Waals surface area (Å²) in [6.07, 6.45) is 1.65. The Bertz CT molecular complexity index is 1130. The van der Waals surface area contributed by atoms with E-state index in [0.717, 1.165) is 22.2 Å². The molecule has 1 heterocycles. The normalized spacial score (nSPS) is 14.7. The highest BCUT2D eigenvalue weighted by Gasteiger charge is 2.36. The summed E-state index contributed by atoms with van der Waals surface area (Å²) in [4.78, 5) is 38.4. The Morgan fingerprint density at radius 2 is 1.48 bits per heavy atom. The molecule has 154 valence electrons. The zero-order valence-corrected chi connectivity index (χ0v) is 17.2. The summed E-state index contributed by atoms with van der Waals surface area (Å²) in [5, 5.41) is 2.23. The van der Waals surface area contributed by atoms with Gasteiger partial charge in [0.25, 0.3) is 11.1 Å². The Morgan fingerprint density at radius 3 is 2.16 bits per heavy atom. The number of benzene rings is 3. The summed E-state index contributed by atoms with van der Waals surface area (Å²) >= 11 is 0.830. The fourth-order valence-electron chi connectivity index (χ4n) is 2.91. The fourth-order valence-corrected chi connectivity index (χ4v) is 3.75. The Morgan fingerprint density at radius 1 is 0.871 bits per heavy atom. The predicted molar refractivity (Wildman–Crippen MR) is 121 cm³/mol. The van der Waals surface area contributed by atoms with Crippen LogP contribution >= 0.6 is 11.8 Å². The number of thioether (sulfide) groups is 1. The highest BCUT2D eigenvalue weighted by atomic mass is 32.2. The molecule has 4 rings (SSSR count). The SMILES string of the molecule is O=C(CN1C(=O)S/C(=C/c2ccccc2)C1=O)Nc1ccc(Oc2ccccc2)cc1. The Hall–Kier alpha value is -3.84. The van der Waals surface area contributed by atoms with Gasteiger partial charge in [-0.15, -0.1) is 0 Å². The van der Waals surface area contributed by atoms with Crippen LogP contribution < -0.4 is 10.1 Å². The minimum atomic E-state index is -0.472. The lowest BCUT2D eigenvalue weighted by molar-refractivity contribution is -0.127. The average molecular weight is 430 g/mol. The Kier molecular flexibility index (Phi) is 6.14. The van der Waals surface area contributed by atoms with Gasteiger partial charge in [-0.3, -0.25) is 19.3 Å². The molecule has 0 aromatic heterocycles. The van der Waals surface area contributed by atoms with Crippen molar-refractivity contribution in [3.63, 3.8) is 0 Å². The summed E-state index contributed by atoms with van der Waals surface area (Å²) in [7, 11) is 0. The van der Waals surface area contributed by atoms with Crippen LogP contribution in [0, 0.1) is 0 Å². The van der Waals surface area contributed by atoms with Gasteiger partial charge >= 0.3 is 0 Å². The number of hydrogen-bond acceptors (Lipinski definition) is 5. The van der Waals surface area contributed by atoms with Gasteiger partial charge in [0, 0.05) is 5.69 Å². The molecule has 3 aromatic carbocycles. The molecule has 3 aromatic rings. The highest BCUT2D eigenvalue weighted by molar-refractivity contribution is 8.18. The third-order valence-corrected chi connectivity index (χ3v) is 5.30. The van der Waals surface area contributed by atoms with E-state index in [1.54, 1.807) is 30.3 Å². The van der Waals surface area contributed by atoms with Crippen LogP contribution in [0.3, 0.4) is 0 Å². The van der Waals surface area contributed by atoms with E-state index >= 15 is 0 Å². The van der Waals surface area contributed by atoms with Crippen molar-refractivity contribution in [3.05, 3.63) is 95.4 Å². The van der Waals surface area contributed by atoms with E-state index in [9.17, 15) is 14.4 Å². The lowest BCUT2D eigenvalue weighted by atomic mass is 10.2. The largest absolute Gasteiger partial charge is 0.457 e. The number of anilines is 1. The van der Waals surface area contributed by atoms with E-state index < -0.39 is 17.1 Å². The van der Waals surface area contributed by atoms with Crippen LogP contribution in [-0.4, -0.2) is 28.5 Å². The second-order valence-electron chi connectivity index (χ2n) is 6.67. The second-order valence-corrected chi connectivity index (χ2v) is 7.66. The van der Waals surface area contributed by atoms with Crippen LogP contribution in [0.5, 0.6) is 11.5 Å². The van der Waals surface area contributed by atoms with Gasteiger partial charge in [-0.25, -0.2) is 0 Å². The number of hydrogen-bond donors (Lipinski definition) is 1. The molecule has 0 radical (unpaired) electrons. The van der Waals surface area contributed by atoms with Crippen LogP contribution in [0.4, 0.5) is 10.5 Å². The number of nitrogens with zero attached hydrogens (tertiary/aromatic N) is 1. The van der Waals surface area contributed by atoms with Gasteiger partial charge in [0.15, 0.2) is 0 Å². The third-order valence-electron chi connectivity index (χ3n) is 4.39. The topological polar surface area (TPSA) is 75.7 Å². The molecule has 1 aliphatic rings. The quantitative estimate of drug-likeness (QED) is 0.547. The van der Waals surface area contributed by atoms with Crippen LogP contribution in [0.25, 0.3) is 6.08 Å². The Labute approximate surface area is 183 Å². The smallest absolute Gasteiger partial charge is 0.294 e. The van der Waals surface area contributed by atoms with E-state index in [-0.39, 0.29) is 6.54 Å². The lowest BCUT2D eigenvalue weighted by Crippen LogP contribution is -2.36. The number of carbonyl (C=O) groups excluding carboxylic acids is 3. The van der Waals surface area contributed by atoms with Crippen molar-refractivity contribution >= 4 is 40.6 Å². The van der Waals surface area contributed by atoms with Crippen molar-refractivity contribution in [2.75, 3.05) is 11.9 Å². The van der Waals surface area contributed by atoms with E-state index in [2.05, 4.69) is 5.32 Å². The molecule has 1 fully saturated rings. The molecular formula is C24H18N2O4S. The van der Waals surface area contributed by atoms with Crippen molar-refractivity contribution < 1.29 is 19.1 Å². The van der Waals surface area contributed by atoms with Gasteiger partial charge < -0.3 is 10.1 Å². The minimum absolute atomic E-state index is 0.298. The maximum absolute atomic E-state index is 12.5. The number of para-hydroxylation sites is 1. The van der Waals surface area contributed by atoms with Crippen LogP contribution in [0.1, 0.15) is 5.56 Å². The second kappa shape index (κ2) is 9.32. The van der Waals surface area contributed by atoms with Crippen LogP contribution in [-0.2, 0) is 9.59 Å². The van der Waals surface area contributed by atoms with Crippen molar-refractivity contribution in [1.82, 2.24) is 4.90 Å². The minimum Gasteiger partial charge on any atom is -0.457 e. The molecule has 0 unspecified atom stereocenters. The van der Waals surface area contributed by atoms with Gasteiger partial charge in [0.2, 0.25) is 5.91 Å². The van der Waals surface area contributed by atoms with Crippen LogP contribution in [0.2, 0.25) is 0 Å². The van der Waals surface area contributed by atoms with Crippen molar-refractivity contribution in [2.24, 2.45) is 0 Å². The van der Waals surface area contributed by atoms with Gasteiger partial charge in [-0.2, -0.15) is 0 Å². The molecule has 1 N–H and O–H groups in total. The lowest BCUT2D eigenvalue weighted by Gasteiger charge is -2.13. The molecule has 0 aliphatic carbocycles. The van der Waals surface area contributed by atoms with Crippen molar-refractivity contribution in [3.8, 4) is 11.5 Å². The van der Waals surface area contributed by atoms with Gasteiger partial charge in [0.05, 0.1) is 4.91 Å². The van der Waals surface area contributed by atoms with Crippen LogP contribution in [0.15, 0.2) is 89.8 Å². The third kappa shape index (κ3) is 5.21. The maximum Gasteiger partial charge on any atom is 0.294 e. The van der Waals surface area contributed by atoms with Crippen molar-refractivity contribution in [2.45, 2.75) is 0 Å². The monoisotopic (exact) mass is 430 g/mol. The van der Waals surface area contributed by atoms with Crippen molar-refractivity contribution in [1.29, 1.82) is 0 Å². The molecule has 31 heavy (non-hydrogen) atoms. The number of ether oxygens (including phenoxy) is 1. The predicted octanol–water partition coefficient (Wildman–Crippen LogP) is 5.15. The number of imide groups is 1. The number of amides is 3. The maximum atomic E-state index is 12.5. The molecule has 1 saturated heterocycles. The molecule has 3 amide bonds. The van der Waals surface area contributed by atoms with E-state index in [4.69, 9.17) is 4.74 Å². The van der Waals surface area contributed by atoms with E-state index in [0.29, 0.717) is 22.1 Å². The van der Waals surface area contributed by atoms with Gasteiger partial charge in [0.1, 0.15) is 18.0 Å².